The summed E-state index contributed by atoms with van der Waals surface area (Å²) in [5.41, 5.74) is 0. The molecular formula is C46H85N3O21. The van der Waals surface area contributed by atoms with Gasteiger partial charge in [-0.15, -0.1) is 0 Å². The molecule has 0 radical (unpaired) electrons. The van der Waals surface area contributed by atoms with Crippen LogP contribution in [0.4, 0.5) is 0 Å². The van der Waals surface area contributed by atoms with Gasteiger partial charge in [0.05, 0.1) is 58.1 Å². The highest BCUT2D eigenvalue weighted by Crippen LogP contribution is 2.24. The second-order valence-electron chi connectivity index (χ2n) is 17.7. The third-order valence-electron chi connectivity index (χ3n) is 11.4. The van der Waals surface area contributed by atoms with E-state index in [0.29, 0.717) is 83.7 Å². The Kier molecular flexibility index (Phi) is 32.8. The molecule has 0 aliphatic carbocycles. The number of rotatable bonds is 38. The monoisotopic (exact) mass is 1020 g/mol. The molecule has 2 saturated heterocycles. The van der Waals surface area contributed by atoms with E-state index in [-0.39, 0.29) is 25.7 Å². The smallest absolute Gasteiger partial charge is 0.217 e. The largest absolute Gasteiger partial charge is 0.499 e. The molecule has 12 N–H and O–H groups in total. The standard InChI is InChI=1S/C46H85N3O21/c1-28(64-17-11-8-14-18-65-44(34(22-50)47-30(3)55)68-35(23-51)29(2)54)21-33(26-62-15-9-6-12-19-66-45-38(48-31(4)56)42(60)40(58)36(24-52)69-45)27-63-16-10-7-13-20-67-46-39(49-32(5)57)43(61)41(59)37(25-53)70-46/h21,29,33-46,50-54,58-61H,6-20,22-27H2,1-5H3,(H,47,55)(H,48,56)(H,49,57)/b28-21-/t29-,33?,34+,35?,36?,37?,38+,39?,40?,41?,42?,43?,44?,45?,46?/m1/s1. The second-order valence-corrected chi connectivity index (χ2v) is 17.7. The van der Waals surface area contributed by atoms with Gasteiger partial charge in [0, 0.05) is 59.7 Å². The molecule has 15 atom stereocenters. The van der Waals surface area contributed by atoms with E-state index >= 15 is 0 Å². The first-order valence-corrected chi connectivity index (χ1v) is 24.4. The lowest BCUT2D eigenvalue weighted by molar-refractivity contribution is -0.270. The van der Waals surface area contributed by atoms with Gasteiger partial charge in [-0.2, -0.15) is 0 Å². The van der Waals surface area contributed by atoms with Crippen molar-refractivity contribution in [3.63, 3.8) is 0 Å². The van der Waals surface area contributed by atoms with Crippen LogP contribution in [0, 0.1) is 5.92 Å². The fourth-order valence-corrected chi connectivity index (χ4v) is 7.59. The first kappa shape index (κ1) is 63.4. The van der Waals surface area contributed by atoms with Gasteiger partial charge < -0.3 is 105 Å². The van der Waals surface area contributed by atoms with Gasteiger partial charge in [0.15, 0.2) is 18.9 Å². The molecule has 2 rings (SSSR count). The molecular weight excluding hydrogens is 931 g/mol. The summed E-state index contributed by atoms with van der Waals surface area (Å²) >= 11 is 0. The van der Waals surface area contributed by atoms with E-state index in [1.807, 2.05) is 13.0 Å². The summed E-state index contributed by atoms with van der Waals surface area (Å²) in [5, 5.41) is 97.6. The lowest BCUT2D eigenvalue weighted by Gasteiger charge is -2.42. The van der Waals surface area contributed by atoms with Gasteiger partial charge in [-0.1, -0.05) is 0 Å². The Bertz CT molecular complexity index is 1390. The molecule has 0 bridgehead atoms. The van der Waals surface area contributed by atoms with Crippen molar-refractivity contribution in [2.75, 3.05) is 79.3 Å². The zero-order valence-corrected chi connectivity index (χ0v) is 41.5. The van der Waals surface area contributed by atoms with Crippen molar-refractivity contribution in [3.8, 4) is 0 Å². The number of carbonyl (C=O) groups excluding carboxylic acids is 3. The molecule has 0 spiro atoms. The van der Waals surface area contributed by atoms with Gasteiger partial charge >= 0.3 is 0 Å². The van der Waals surface area contributed by atoms with Gasteiger partial charge in [-0.25, -0.2) is 0 Å². The maximum absolute atomic E-state index is 11.7. The highest BCUT2D eigenvalue weighted by molar-refractivity contribution is 5.74. The predicted octanol–water partition coefficient (Wildman–Crippen LogP) is -2.41. The number of amides is 3. The minimum absolute atomic E-state index is 0.157. The van der Waals surface area contributed by atoms with Crippen molar-refractivity contribution >= 4 is 17.7 Å². The fraction of sp³-hybridized carbons (Fsp3) is 0.891. The quantitative estimate of drug-likeness (QED) is 0.0174. The number of carbonyl (C=O) groups is 3. The summed E-state index contributed by atoms with van der Waals surface area (Å²) in [5.74, 6) is -0.760. The number of aliphatic hydroxyl groups is 9. The first-order chi connectivity index (χ1) is 33.5. The number of hydrogen-bond donors (Lipinski definition) is 12. The molecule has 2 heterocycles. The zero-order valence-electron chi connectivity index (χ0n) is 41.5. The average molecular weight is 1020 g/mol. The van der Waals surface area contributed by atoms with E-state index in [1.54, 1.807) is 0 Å². The lowest BCUT2D eigenvalue weighted by atomic mass is 9.97. The summed E-state index contributed by atoms with van der Waals surface area (Å²) in [6.07, 6.45) is -4.95. The third-order valence-corrected chi connectivity index (χ3v) is 11.4. The fourth-order valence-electron chi connectivity index (χ4n) is 7.59. The molecule has 0 aromatic rings. The third kappa shape index (κ3) is 24.3. The molecule has 2 aliphatic heterocycles. The van der Waals surface area contributed by atoms with Crippen LogP contribution < -0.4 is 16.0 Å². The van der Waals surface area contributed by atoms with Crippen LogP contribution >= 0.6 is 0 Å². The number of hydrogen-bond acceptors (Lipinski definition) is 21. The van der Waals surface area contributed by atoms with Crippen LogP contribution in [0.1, 0.15) is 92.4 Å². The molecule has 24 heteroatoms. The molecule has 410 valence electrons. The first-order valence-electron chi connectivity index (χ1n) is 24.4. The van der Waals surface area contributed by atoms with Crippen molar-refractivity contribution in [2.45, 2.75) is 178 Å². The van der Waals surface area contributed by atoms with E-state index in [9.17, 15) is 60.3 Å². The van der Waals surface area contributed by atoms with Crippen molar-refractivity contribution < 1.29 is 103 Å². The van der Waals surface area contributed by atoms with Crippen LogP contribution in [-0.4, -0.2) is 229 Å². The molecule has 0 aromatic carbocycles. The van der Waals surface area contributed by atoms with Crippen LogP contribution in [0.15, 0.2) is 11.8 Å². The maximum atomic E-state index is 11.7. The Morgan fingerprint density at radius 3 is 1.47 bits per heavy atom. The highest BCUT2D eigenvalue weighted by Gasteiger charge is 2.46. The van der Waals surface area contributed by atoms with Gasteiger partial charge in [0.25, 0.3) is 0 Å². The van der Waals surface area contributed by atoms with Crippen molar-refractivity contribution in [3.05, 3.63) is 11.8 Å². The van der Waals surface area contributed by atoms with E-state index in [0.717, 1.165) is 12.8 Å². The summed E-state index contributed by atoms with van der Waals surface area (Å²) in [4.78, 5) is 35.1. The number of nitrogens with one attached hydrogen (secondary N) is 3. The summed E-state index contributed by atoms with van der Waals surface area (Å²) in [6.45, 7) is 7.73. The van der Waals surface area contributed by atoms with E-state index in [2.05, 4.69) is 16.0 Å². The number of unbranched alkanes of at least 4 members (excludes halogenated alkanes) is 6. The Balaban J connectivity index is 1.87. The second kappa shape index (κ2) is 36.2. The SMILES string of the molecule is CC(=O)NC1C(OCCCCCOCC(/C=C(/C)OCCCCCOC(OC(CO)[C@@H](C)O)[C@H](CO)NC(C)=O)COCCCCCOC2OC(CO)C(O)C(O)[C@@H]2NC(C)=O)OC(CO)C(O)C1O. The number of ether oxygens (including phenoxy) is 9. The minimum atomic E-state index is -1.40. The molecule has 12 unspecified atom stereocenters. The van der Waals surface area contributed by atoms with Crippen molar-refractivity contribution in [1.82, 2.24) is 16.0 Å². The van der Waals surface area contributed by atoms with Crippen LogP contribution in [0.2, 0.25) is 0 Å². The zero-order chi connectivity index (χ0) is 52.0. The molecule has 0 aromatic heterocycles. The molecule has 2 aliphatic rings. The highest BCUT2D eigenvalue weighted by atomic mass is 16.7. The Morgan fingerprint density at radius 2 is 1.06 bits per heavy atom. The van der Waals surface area contributed by atoms with Crippen LogP contribution in [0.25, 0.3) is 0 Å². The van der Waals surface area contributed by atoms with Gasteiger partial charge in [0.1, 0.15) is 60.9 Å². The average Bonchev–Trinajstić information content (AvgIpc) is 3.31. The predicted molar refractivity (Wildman–Crippen MR) is 247 cm³/mol. The van der Waals surface area contributed by atoms with Crippen molar-refractivity contribution in [2.24, 2.45) is 5.92 Å². The Labute approximate surface area is 411 Å². The normalized spacial score (nSPS) is 27.3. The van der Waals surface area contributed by atoms with Gasteiger partial charge in [0.2, 0.25) is 17.7 Å². The molecule has 0 saturated carbocycles. The molecule has 70 heavy (non-hydrogen) atoms. The number of aliphatic hydroxyl groups excluding tert-OH is 9. The van der Waals surface area contributed by atoms with Crippen LogP contribution in [0.5, 0.6) is 0 Å². The maximum Gasteiger partial charge on any atom is 0.217 e. The van der Waals surface area contributed by atoms with Crippen LogP contribution in [0.3, 0.4) is 0 Å². The minimum Gasteiger partial charge on any atom is -0.499 e. The molecule has 24 nitrogen and oxygen atoms in total. The lowest BCUT2D eigenvalue weighted by Crippen LogP contribution is -2.64. The van der Waals surface area contributed by atoms with E-state index < -0.39 is 130 Å². The van der Waals surface area contributed by atoms with E-state index in [4.69, 9.17) is 42.6 Å². The van der Waals surface area contributed by atoms with Gasteiger partial charge in [-0.05, 0) is 77.7 Å². The topological polar surface area (TPSA) is 352 Å². The molecule has 3 amide bonds. The summed E-state index contributed by atoms with van der Waals surface area (Å²) in [6, 6.07) is -2.94. The molecule has 2 fully saturated rings. The summed E-state index contributed by atoms with van der Waals surface area (Å²) < 4.78 is 52.4. The van der Waals surface area contributed by atoms with E-state index in [1.165, 1.54) is 27.7 Å². The van der Waals surface area contributed by atoms with Crippen LogP contribution in [-0.2, 0) is 57.0 Å². The van der Waals surface area contributed by atoms with Crippen molar-refractivity contribution in [1.29, 1.82) is 0 Å². The Hall–Kier alpha value is -2.73. The van der Waals surface area contributed by atoms with Gasteiger partial charge in [-0.3, -0.25) is 14.4 Å². The summed E-state index contributed by atoms with van der Waals surface area (Å²) in [7, 11) is 0. The Morgan fingerprint density at radius 1 is 0.600 bits per heavy atom. The number of allylic oxidation sites excluding steroid dienone is 1.